The van der Waals surface area contributed by atoms with Crippen molar-refractivity contribution in [3.8, 4) is 33.4 Å². The van der Waals surface area contributed by atoms with Gasteiger partial charge < -0.3 is 9.80 Å². The monoisotopic (exact) mass is 720 g/mol. The van der Waals surface area contributed by atoms with Gasteiger partial charge in [0.15, 0.2) is 0 Å². The summed E-state index contributed by atoms with van der Waals surface area (Å²) in [5.41, 5.74) is 19.5. The van der Waals surface area contributed by atoms with E-state index in [1.54, 1.807) is 0 Å². The van der Waals surface area contributed by atoms with E-state index in [9.17, 15) is 0 Å². The fourth-order valence-corrected chi connectivity index (χ4v) is 9.25. The second kappa shape index (κ2) is 13.0. The molecular formula is C54H44N2. The minimum Gasteiger partial charge on any atom is -0.310 e. The molecule has 0 aromatic heterocycles. The molecule has 56 heavy (non-hydrogen) atoms. The maximum Gasteiger partial charge on any atom is 0.0504 e. The number of benzene rings is 8. The molecule has 0 unspecified atom stereocenters. The SMILES string of the molecule is CC1(C)c2ccccc2-c2ccc(N(c3ccc(-c4ccccc4)cc3)c3ccc4c(c3)C(C)(C)c3ccccc3N4c3ccc(-c4ccccc4)cc3)cc21. The van der Waals surface area contributed by atoms with Gasteiger partial charge in [0.05, 0.1) is 11.4 Å². The molecule has 0 fully saturated rings. The van der Waals surface area contributed by atoms with Crippen LogP contribution in [-0.4, -0.2) is 0 Å². The van der Waals surface area contributed by atoms with Crippen LogP contribution in [0.1, 0.15) is 49.9 Å². The van der Waals surface area contributed by atoms with Gasteiger partial charge in [-0.25, -0.2) is 0 Å². The molecule has 2 nitrogen and oxygen atoms in total. The average Bonchev–Trinajstić information content (AvgIpc) is 3.48. The molecule has 1 aliphatic heterocycles. The van der Waals surface area contributed by atoms with Crippen molar-refractivity contribution in [1.82, 2.24) is 0 Å². The highest BCUT2D eigenvalue weighted by Gasteiger charge is 2.38. The summed E-state index contributed by atoms with van der Waals surface area (Å²) < 4.78 is 0. The van der Waals surface area contributed by atoms with E-state index in [0.717, 1.165) is 22.7 Å². The minimum absolute atomic E-state index is 0.108. The summed E-state index contributed by atoms with van der Waals surface area (Å²) in [7, 11) is 0. The molecule has 2 aliphatic rings. The molecule has 10 rings (SSSR count). The highest BCUT2D eigenvalue weighted by atomic mass is 15.2. The third-order valence-corrected chi connectivity index (χ3v) is 12.3. The van der Waals surface area contributed by atoms with E-state index in [1.807, 2.05) is 0 Å². The number of nitrogens with zero attached hydrogens (tertiary/aromatic N) is 2. The van der Waals surface area contributed by atoms with Gasteiger partial charge in [-0.2, -0.15) is 0 Å². The molecule has 8 aromatic carbocycles. The van der Waals surface area contributed by atoms with E-state index < -0.39 is 0 Å². The van der Waals surface area contributed by atoms with Crippen LogP contribution in [0.4, 0.5) is 34.1 Å². The topological polar surface area (TPSA) is 6.48 Å². The van der Waals surface area contributed by atoms with E-state index in [4.69, 9.17) is 0 Å². The van der Waals surface area contributed by atoms with E-state index in [-0.39, 0.29) is 10.8 Å². The molecule has 1 heterocycles. The van der Waals surface area contributed by atoms with Crippen LogP contribution in [0, 0.1) is 0 Å². The zero-order chi connectivity index (χ0) is 38.0. The predicted octanol–water partition coefficient (Wildman–Crippen LogP) is 14.9. The summed E-state index contributed by atoms with van der Waals surface area (Å²) in [6.07, 6.45) is 0. The molecule has 0 spiro atoms. The van der Waals surface area contributed by atoms with Crippen molar-refractivity contribution >= 4 is 34.1 Å². The third-order valence-electron chi connectivity index (χ3n) is 12.3. The molecule has 2 heteroatoms. The van der Waals surface area contributed by atoms with Crippen molar-refractivity contribution in [2.45, 2.75) is 38.5 Å². The molecule has 0 N–H and O–H groups in total. The Balaban J connectivity index is 1.13. The van der Waals surface area contributed by atoms with Crippen LogP contribution >= 0.6 is 0 Å². The van der Waals surface area contributed by atoms with E-state index >= 15 is 0 Å². The molecular weight excluding hydrogens is 677 g/mol. The van der Waals surface area contributed by atoms with Crippen LogP contribution < -0.4 is 9.80 Å². The largest absolute Gasteiger partial charge is 0.310 e. The maximum absolute atomic E-state index is 2.45. The van der Waals surface area contributed by atoms with Gasteiger partial charge in [-0.3, -0.25) is 0 Å². The Bertz CT molecular complexity index is 2730. The first kappa shape index (κ1) is 33.9. The molecule has 8 aromatic rings. The Hall–Kier alpha value is -6.64. The van der Waals surface area contributed by atoms with Crippen LogP contribution in [0.25, 0.3) is 33.4 Å². The lowest BCUT2D eigenvalue weighted by Gasteiger charge is -2.42. The van der Waals surface area contributed by atoms with Crippen molar-refractivity contribution in [2.24, 2.45) is 0 Å². The summed E-state index contributed by atoms with van der Waals surface area (Å²) in [5.74, 6) is 0. The van der Waals surface area contributed by atoms with E-state index in [0.29, 0.717) is 0 Å². The van der Waals surface area contributed by atoms with Gasteiger partial charge in [0.25, 0.3) is 0 Å². The van der Waals surface area contributed by atoms with Crippen molar-refractivity contribution < 1.29 is 0 Å². The Morgan fingerprint density at radius 3 is 1.45 bits per heavy atom. The Morgan fingerprint density at radius 2 is 0.786 bits per heavy atom. The number of hydrogen-bond acceptors (Lipinski definition) is 2. The molecule has 270 valence electrons. The first-order valence-corrected chi connectivity index (χ1v) is 19.7. The highest BCUT2D eigenvalue weighted by molar-refractivity contribution is 5.90. The number of rotatable bonds is 6. The maximum atomic E-state index is 2.45. The summed E-state index contributed by atoms with van der Waals surface area (Å²) in [6.45, 7) is 9.47. The zero-order valence-corrected chi connectivity index (χ0v) is 32.4. The second-order valence-corrected chi connectivity index (χ2v) is 16.2. The van der Waals surface area contributed by atoms with Crippen LogP contribution in [-0.2, 0) is 10.8 Å². The highest BCUT2D eigenvalue weighted by Crippen LogP contribution is 2.54. The number of anilines is 6. The molecule has 0 radical (unpaired) electrons. The Kier molecular flexibility index (Phi) is 7.87. The first-order chi connectivity index (χ1) is 27.3. The Labute approximate surface area is 331 Å². The summed E-state index contributed by atoms with van der Waals surface area (Å²) in [5, 5.41) is 0. The van der Waals surface area contributed by atoms with Crippen LogP contribution in [0.15, 0.2) is 194 Å². The summed E-state index contributed by atoms with van der Waals surface area (Å²) in [4.78, 5) is 4.90. The van der Waals surface area contributed by atoms with Crippen LogP contribution in [0.2, 0.25) is 0 Å². The van der Waals surface area contributed by atoms with Gasteiger partial charge in [0.1, 0.15) is 0 Å². The van der Waals surface area contributed by atoms with E-state index in [2.05, 4.69) is 232 Å². The van der Waals surface area contributed by atoms with Crippen molar-refractivity contribution in [3.63, 3.8) is 0 Å². The average molecular weight is 721 g/mol. The lowest BCUT2D eigenvalue weighted by atomic mass is 9.73. The van der Waals surface area contributed by atoms with E-state index in [1.165, 1.54) is 67.0 Å². The quantitative estimate of drug-likeness (QED) is 0.169. The van der Waals surface area contributed by atoms with Crippen molar-refractivity contribution in [3.05, 3.63) is 216 Å². The van der Waals surface area contributed by atoms with Gasteiger partial charge in [-0.1, -0.05) is 161 Å². The van der Waals surface area contributed by atoms with Gasteiger partial charge in [-0.15, -0.1) is 0 Å². The normalized spacial score (nSPS) is 14.3. The lowest BCUT2D eigenvalue weighted by Crippen LogP contribution is -2.31. The molecule has 0 saturated carbocycles. The molecule has 1 aliphatic carbocycles. The van der Waals surface area contributed by atoms with Gasteiger partial charge in [0.2, 0.25) is 0 Å². The third kappa shape index (κ3) is 5.39. The molecule has 0 amide bonds. The van der Waals surface area contributed by atoms with Crippen molar-refractivity contribution in [2.75, 3.05) is 9.80 Å². The first-order valence-electron chi connectivity index (χ1n) is 19.7. The van der Waals surface area contributed by atoms with Gasteiger partial charge >= 0.3 is 0 Å². The fourth-order valence-electron chi connectivity index (χ4n) is 9.25. The van der Waals surface area contributed by atoms with Crippen LogP contribution in [0.3, 0.4) is 0 Å². The van der Waals surface area contributed by atoms with Gasteiger partial charge in [-0.05, 0) is 116 Å². The summed E-state index contributed by atoms with van der Waals surface area (Å²) in [6, 6.07) is 71.3. The summed E-state index contributed by atoms with van der Waals surface area (Å²) >= 11 is 0. The smallest absolute Gasteiger partial charge is 0.0504 e. The zero-order valence-electron chi connectivity index (χ0n) is 32.4. The Morgan fingerprint density at radius 1 is 0.339 bits per heavy atom. The number of hydrogen-bond donors (Lipinski definition) is 0. The van der Waals surface area contributed by atoms with Crippen LogP contribution in [0.5, 0.6) is 0 Å². The lowest BCUT2D eigenvalue weighted by molar-refractivity contribution is 0.632. The fraction of sp³-hybridized carbons (Fsp3) is 0.111. The van der Waals surface area contributed by atoms with Crippen molar-refractivity contribution in [1.29, 1.82) is 0 Å². The molecule has 0 atom stereocenters. The predicted molar refractivity (Wildman–Crippen MR) is 236 cm³/mol. The number of para-hydroxylation sites is 1. The molecule has 0 saturated heterocycles. The standard InChI is InChI=1S/C54H44N2/c1-53(2)47-20-12-11-19-45(47)46-33-31-43(35-49(46)53)55(41-27-23-39(24-28-41)37-15-7-5-8-16-37)44-32-34-52-50(36-44)54(3,4)48-21-13-14-22-51(48)56(52)42-29-25-40(26-30-42)38-17-9-6-10-18-38/h5-36H,1-4H3. The number of fused-ring (bicyclic) bond motifs is 5. The van der Waals surface area contributed by atoms with Gasteiger partial charge in [0, 0.05) is 33.6 Å². The molecule has 0 bridgehead atoms. The second-order valence-electron chi connectivity index (χ2n) is 16.2. The minimum atomic E-state index is -0.243.